The van der Waals surface area contributed by atoms with Crippen LogP contribution in [0.2, 0.25) is 0 Å². The minimum absolute atomic E-state index is 0.0188. The van der Waals surface area contributed by atoms with Crippen molar-refractivity contribution in [3.63, 3.8) is 0 Å². The van der Waals surface area contributed by atoms with E-state index >= 15 is 0 Å². The summed E-state index contributed by atoms with van der Waals surface area (Å²) in [6, 6.07) is 6.06. The Morgan fingerprint density at radius 3 is 2.83 bits per heavy atom. The third-order valence-electron chi connectivity index (χ3n) is 2.85. The maximum atomic E-state index is 11.7. The van der Waals surface area contributed by atoms with Crippen LogP contribution in [0.4, 0.5) is 0 Å². The molecule has 0 fully saturated rings. The lowest BCUT2D eigenvalue weighted by molar-refractivity contribution is -0.120. The number of nitrogens with zero attached hydrogens (tertiary/aromatic N) is 2. The van der Waals surface area contributed by atoms with Crippen LogP contribution < -0.4 is 5.32 Å². The molecular formula is C13H16N4O. The highest BCUT2D eigenvalue weighted by Gasteiger charge is 2.05. The van der Waals surface area contributed by atoms with Crippen LogP contribution in [0.25, 0.3) is 0 Å². The van der Waals surface area contributed by atoms with Crippen molar-refractivity contribution in [1.82, 2.24) is 20.5 Å². The Hall–Kier alpha value is -2.17. The van der Waals surface area contributed by atoms with Gasteiger partial charge in [-0.3, -0.25) is 9.89 Å². The van der Waals surface area contributed by atoms with Crippen molar-refractivity contribution >= 4 is 5.91 Å². The van der Waals surface area contributed by atoms with Gasteiger partial charge in [0.2, 0.25) is 5.91 Å². The maximum absolute atomic E-state index is 11.7. The molecule has 0 aliphatic rings. The van der Waals surface area contributed by atoms with E-state index in [1.165, 1.54) is 17.5 Å². The largest absolute Gasteiger partial charge is 0.349 e. The highest BCUT2D eigenvalue weighted by molar-refractivity contribution is 5.78. The number of aromatic nitrogens is 3. The molecule has 0 atom stereocenters. The molecule has 1 heterocycles. The Bertz CT molecular complexity index is 534. The van der Waals surface area contributed by atoms with Gasteiger partial charge in [-0.2, -0.15) is 5.10 Å². The quantitative estimate of drug-likeness (QED) is 0.851. The van der Waals surface area contributed by atoms with Gasteiger partial charge in [-0.1, -0.05) is 18.2 Å². The monoisotopic (exact) mass is 244 g/mol. The summed E-state index contributed by atoms with van der Waals surface area (Å²) in [5, 5.41) is 9.21. The lowest BCUT2D eigenvalue weighted by Gasteiger charge is -2.06. The van der Waals surface area contributed by atoms with Crippen LogP contribution >= 0.6 is 0 Å². The number of hydrogen-bond donors (Lipinski definition) is 2. The average molecular weight is 244 g/mol. The molecule has 94 valence electrons. The Morgan fingerprint density at radius 1 is 1.33 bits per heavy atom. The summed E-state index contributed by atoms with van der Waals surface area (Å²) in [5.41, 5.74) is 3.46. The van der Waals surface area contributed by atoms with Crippen molar-refractivity contribution in [2.24, 2.45) is 0 Å². The van der Waals surface area contributed by atoms with E-state index in [1.807, 2.05) is 25.1 Å². The van der Waals surface area contributed by atoms with Crippen LogP contribution in [-0.2, 0) is 17.8 Å². The molecule has 5 heteroatoms. The van der Waals surface area contributed by atoms with Gasteiger partial charge in [0.25, 0.3) is 0 Å². The molecule has 1 aromatic carbocycles. The second-order valence-electron chi connectivity index (χ2n) is 4.30. The molecule has 0 unspecified atom stereocenters. The third-order valence-corrected chi connectivity index (χ3v) is 2.85. The number of aromatic amines is 1. The van der Waals surface area contributed by atoms with Crippen LogP contribution in [0.3, 0.4) is 0 Å². The maximum Gasteiger partial charge on any atom is 0.224 e. The number of benzene rings is 1. The van der Waals surface area contributed by atoms with Crippen LogP contribution in [0.15, 0.2) is 24.5 Å². The molecule has 2 N–H and O–H groups in total. The predicted octanol–water partition coefficient (Wildman–Crippen LogP) is 1.28. The molecular weight excluding hydrogens is 228 g/mol. The second-order valence-corrected chi connectivity index (χ2v) is 4.30. The van der Waals surface area contributed by atoms with E-state index in [0.717, 1.165) is 5.56 Å². The number of aryl methyl sites for hydroxylation is 2. The Labute approximate surface area is 106 Å². The molecule has 2 rings (SSSR count). The molecule has 0 radical (unpaired) electrons. The van der Waals surface area contributed by atoms with Crippen molar-refractivity contribution in [2.75, 3.05) is 0 Å². The van der Waals surface area contributed by atoms with Crippen LogP contribution in [0, 0.1) is 13.8 Å². The zero-order chi connectivity index (χ0) is 13.0. The van der Waals surface area contributed by atoms with E-state index in [9.17, 15) is 4.79 Å². The molecule has 0 saturated carbocycles. The van der Waals surface area contributed by atoms with Crippen molar-refractivity contribution in [1.29, 1.82) is 0 Å². The molecule has 0 saturated heterocycles. The van der Waals surface area contributed by atoms with Crippen LogP contribution in [0.1, 0.15) is 22.5 Å². The normalized spacial score (nSPS) is 10.3. The number of nitrogens with one attached hydrogen (secondary N) is 2. The Kier molecular flexibility index (Phi) is 3.72. The zero-order valence-electron chi connectivity index (χ0n) is 10.5. The number of carbonyl (C=O) groups is 1. The third kappa shape index (κ3) is 3.16. The van der Waals surface area contributed by atoms with Gasteiger partial charge in [-0.15, -0.1) is 0 Å². The van der Waals surface area contributed by atoms with Gasteiger partial charge in [-0.05, 0) is 30.5 Å². The first-order chi connectivity index (χ1) is 8.65. The summed E-state index contributed by atoms with van der Waals surface area (Å²) in [5.74, 6) is 0.637. The summed E-state index contributed by atoms with van der Waals surface area (Å²) < 4.78 is 0. The summed E-state index contributed by atoms with van der Waals surface area (Å²) in [4.78, 5) is 15.7. The molecule has 0 aliphatic carbocycles. The Balaban J connectivity index is 1.88. The van der Waals surface area contributed by atoms with Crippen LogP contribution in [-0.4, -0.2) is 21.1 Å². The standard InChI is InChI=1S/C13H16N4O/c1-9-3-4-11(5-10(9)2)6-13(18)14-7-12-15-8-16-17-12/h3-5,8H,6-7H2,1-2H3,(H,14,18)(H,15,16,17). The zero-order valence-corrected chi connectivity index (χ0v) is 10.5. The van der Waals surface area contributed by atoms with Gasteiger partial charge in [0.05, 0.1) is 13.0 Å². The van der Waals surface area contributed by atoms with E-state index in [-0.39, 0.29) is 5.91 Å². The van der Waals surface area contributed by atoms with Gasteiger partial charge in [0.1, 0.15) is 12.2 Å². The van der Waals surface area contributed by atoms with E-state index < -0.39 is 0 Å². The highest BCUT2D eigenvalue weighted by atomic mass is 16.1. The van der Waals surface area contributed by atoms with Crippen LogP contribution in [0.5, 0.6) is 0 Å². The average Bonchev–Trinajstić information content (AvgIpc) is 2.84. The van der Waals surface area contributed by atoms with E-state index in [1.54, 1.807) is 0 Å². The number of H-pyrrole nitrogens is 1. The van der Waals surface area contributed by atoms with Gasteiger partial charge < -0.3 is 5.32 Å². The first-order valence-corrected chi connectivity index (χ1v) is 5.82. The summed E-state index contributed by atoms with van der Waals surface area (Å²) in [7, 11) is 0. The molecule has 0 spiro atoms. The molecule has 0 bridgehead atoms. The van der Waals surface area contributed by atoms with E-state index in [0.29, 0.717) is 18.8 Å². The Morgan fingerprint density at radius 2 is 2.17 bits per heavy atom. The summed E-state index contributed by atoms with van der Waals surface area (Å²) in [6.07, 6.45) is 1.81. The highest BCUT2D eigenvalue weighted by Crippen LogP contribution is 2.10. The van der Waals surface area contributed by atoms with E-state index in [4.69, 9.17) is 0 Å². The van der Waals surface area contributed by atoms with Gasteiger partial charge >= 0.3 is 0 Å². The molecule has 18 heavy (non-hydrogen) atoms. The minimum Gasteiger partial charge on any atom is -0.349 e. The first-order valence-electron chi connectivity index (χ1n) is 5.82. The smallest absolute Gasteiger partial charge is 0.224 e. The van der Waals surface area contributed by atoms with Crippen molar-refractivity contribution in [3.8, 4) is 0 Å². The molecule has 5 nitrogen and oxygen atoms in total. The molecule has 1 amide bonds. The topological polar surface area (TPSA) is 70.7 Å². The minimum atomic E-state index is -0.0188. The lowest BCUT2D eigenvalue weighted by atomic mass is 10.0. The molecule has 2 aromatic rings. The van der Waals surface area contributed by atoms with Crippen molar-refractivity contribution < 1.29 is 4.79 Å². The SMILES string of the molecule is Cc1ccc(CC(=O)NCc2ncn[nH]2)cc1C. The second kappa shape index (κ2) is 5.44. The predicted molar refractivity (Wildman–Crippen MR) is 67.8 cm³/mol. The van der Waals surface area contributed by atoms with Crippen molar-refractivity contribution in [2.45, 2.75) is 26.8 Å². The molecule has 0 aliphatic heterocycles. The number of carbonyl (C=O) groups excluding carboxylic acids is 1. The first kappa shape index (κ1) is 12.3. The van der Waals surface area contributed by atoms with Gasteiger partial charge in [0.15, 0.2) is 0 Å². The molecule has 1 aromatic heterocycles. The van der Waals surface area contributed by atoms with E-state index in [2.05, 4.69) is 27.4 Å². The number of rotatable bonds is 4. The number of hydrogen-bond acceptors (Lipinski definition) is 3. The summed E-state index contributed by atoms with van der Waals surface area (Å²) in [6.45, 7) is 4.48. The summed E-state index contributed by atoms with van der Waals surface area (Å²) >= 11 is 0. The van der Waals surface area contributed by atoms with Gasteiger partial charge in [-0.25, -0.2) is 4.98 Å². The lowest BCUT2D eigenvalue weighted by Crippen LogP contribution is -2.25. The fraction of sp³-hybridized carbons (Fsp3) is 0.308. The number of amides is 1. The fourth-order valence-electron chi connectivity index (χ4n) is 1.66. The van der Waals surface area contributed by atoms with Gasteiger partial charge in [0, 0.05) is 0 Å². The fourth-order valence-corrected chi connectivity index (χ4v) is 1.66. The van der Waals surface area contributed by atoms with Crippen molar-refractivity contribution in [3.05, 3.63) is 47.0 Å².